The largest absolute Gasteiger partial charge is 0.493 e. The highest BCUT2D eigenvalue weighted by molar-refractivity contribution is 5.92. The number of methoxy groups -OCH3 is 2. The molecule has 1 aliphatic heterocycles. The predicted octanol–water partition coefficient (Wildman–Crippen LogP) is 1.28. The van der Waals surface area contributed by atoms with Crippen molar-refractivity contribution in [2.75, 3.05) is 31.4 Å². The van der Waals surface area contributed by atoms with Crippen LogP contribution in [0.3, 0.4) is 0 Å². The zero-order chi connectivity index (χ0) is 16.6. The van der Waals surface area contributed by atoms with Crippen molar-refractivity contribution in [3.05, 3.63) is 12.1 Å². The van der Waals surface area contributed by atoms with Crippen molar-refractivity contribution in [2.45, 2.75) is 18.9 Å². The van der Waals surface area contributed by atoms with E-state index in [9.17, 15) is 9.90 Å². The number of carboxylic acids is 1. The Morgan fingerprint density at radius 1 is 1.30 bits per heavy atom. The van der Waals surface area contributed by atoms with Gasteiger partial charge < -0.3 is 25.2 Å². The molecule has 1 saturated heterocycles. The molecule has 2 heterocycles. The fourth-order valence-electron chi connectivity index (χ4n) is 2.86. The van der Waals surface area contributed by atoms with Crippen LogP contribution in [0.15, 0.2) is 12.1 Å². The van der Waals surface area contributed by atoms with Crippen molar-refractivity contribution in [3.63, 3.8) is 0 Å². The molecule has 0 saturated carbocycles. The molecule has 0 aliphatic carbocycles. The third-order valence-corrected chi connectivity index (χ3v) is 4.01. The SMILES string of the molecule is COc1cc2nc(N3CCC[C@@H]3C(=O)O)nc(N)c2cc1OC. The van der Waals surface area contributed by atoms with E-state index in [4.69, 9.17) is 15.2 Å². The summed E-state index contributed by atoms with van der Waals surface area (Å²) in [6, 6.07) is 2.81. The van der Waals surface area contributed by atoms with Crippen LogP contribution >= 0.6 is 0 Å². The second-order valence-corrected chi connectivity index (χ2v) is 5.32. The van der Waals surface area contributed by atoms with Crippen molar-refractivity contribution in [2.24, 2.45) is 0 Å². The molecule has 1 aromatic heterocycles. The lowest BCUT2D eigenvalue weighted by atomic mass is 10.2. The average molecular weight is 318 g/mol. The standard InChI is InChI=1S/C15H18N4O4/c1-22-11-6-8-9(7-12(11)23-2)17-15(18-13(8)16)19-5-3-4-10(19)14(20)21/h6-7,10H,3-5H2,1-2H3,(H,20,21)(H2,16,17,18)/t10-/m1/s1. The molecule has 1 fully saturated rings. The van der Waals surface area contributed by atoms with Gasteiger partial charge in [-0.1, -0.05) is 0 Å². The van der Waals surface area contributed by atoms with Gasteiger partial charge in [-0.05, 0) is 18.9 Å². The summed E-state index contributed by atoms with van der Waals surface area (Å²) in [5.41, 5.74) is 6.62. The summed E-state index contributed by atoms with van der Waals surface area (Å²) < 4.78 is 10.5. The Morgan fingerprint density at radius 2 is 2.00 bits per heavy atom. The molecule has 2 aromatic rings. The number of fused-ring (bicyclic) bond motifs is 1. The summed E-state index contributed by atoms with van der Waals surface area (Å²) in [5, 5.41) is 9.95. The minimum atomic E-state index is -0.878. The van der Waals surface area contributed by atoms with Crippen LogP contribution in [0.5, 0.6) is 11.5 Å². The number of nitrogen functional groups attached to an aromatic ring is 1. The Morgan fingerprint density at radius 3 is 2.65 bits per heavy atom. The van der Waals surface area contributed by atoms with E-state index >= 15 is 0 Å². The molecule has 0 bridgehead atoms. The van der Waals surface area contributed by atoms with E-state index < -0.39 is 12.0 Å². The summed E-state index contributed by atoms with van der Waals surface area (Å²) in [6.07, 6.45) is 1.35. The van der Waals surface area contributed by atoms with E-state index in [2.05, 4.69) is 9.97 Å². The number of ether oxygens (including phenoxy) is 2. The number of nitrogens with zero attached hydrogens (tertiary/aromatic N) is 3. The molecular weight excluding hydrogens is 300 g/mol. The number of nitrogens with two attached hydrogens (primary N) is 1. The first-order valence-electron chi connectivity index (χ1n) is 7.24. The smallest absolute Gasteiger partial charge is 0.326 e. The Kier molecular flexibility index (Phi) is 3.81. The van der Waals surface area contributed by atoms with Gasteiger partial charge in [-0.25, -0.2) is 9.78 Å². The maximum atomic E-state index is 11.4. The quantitative estimate of drug-likeness (QED) is 0.867. The topological polar surface area (TPSA) is 111 Å². The van der Waals surface area contributed by atoms with Crippen LogP contribution in [0, 0.1) is 0 Å². The maximum Gasteiger partial charge on any atom is 0.326 e. The van der Waals surface area contributed by atoms with E-state index in [1.165, 1.54) is 14.2 Å². The number of benzene rings is 1. The first kappa shape index (κ1) is 15.1. The fourth-order valence-corrected chi connectivity index (χ4v) is 2.86. The van der Waals surface area contributed by atoms with Gasteiger partial charge in [0.05, 0.1) is 19.7 Å². The number of carboxylic acid groups (broad SMARTS) is 1. The van der Waals surface area contributed by atoms with Crippen LogP contribution in [-0.4, -0.2) is 47.8 Å². The van der Waals surface area contributed by atoms with Crippen LogP contribution in [0.2, 0.25) is 0 Å². The number of aliphatic carboxylic acids is 1. The van der Waals surface area contributed by atoms with Gasteiger partial charge in [-0.15, -0.1) is 0 Å². The molecule has 0 unspecified atom stereocenters. The fraction of sp³-hybridized carbons (Fsp3) is 0.400. The van der Waals surface area contributed by atoms with Crippen LogP contribution in [0.4, 0.5) is 11.8 Å². The van der Waals surface area contributed by atoms with Gasteiger partial charge in [0.2, 0.25) is 5.95 Å². The second-order valence-electron chi connectivity index (χ2n) is 5.32. The van der Waals surface area contributed by atoms with Gasteiger partial charge in [0.15, 0.2) is 11.5 Å². The van der Waals surface area contributed by atoms with Gasteiger partial charge in [0.25, 0.3) is 0 Å². The molecule has 1 aliphatic rings. The van der Waals surface area contributed by atoms with E-state index in [-0.39, 0.29) is 5.82 Å². The Bertz CT molecular complexity index is 765. The molecule has 3 rings (SSSR count). The highest BCUT2D eigenvalue weighted by atomic mass is 16.5. The Balaban J connectivity index is 2.12. The first-order chi connectivity index (χ1) is 11.0. The molecule has 1 atom stereocenters. The number of hydrogen-bond donors (Lipinski definition) is 2. The molecule has 0 spiro atoms. The number of rotatable bonds is 4. The highest BCUT2D eigenvalue weighted by Crippen LogP contribution is 2.34. The average Bonchev–Trinajstić information content (AvgIpc) is 3.03. The highest BCUT2D eigenvalue weighted by Gasteiger charge is 2.32. The van der Waals surface area contributed by atoms with Crippen molar-refractivity contribution in [3.8, 4) is 11.5 Å². The van der Waals surface area contributed by atoms with E-state index in [0.29, 0.717) is 41.3 Å². The lowest BCUT2D eigenvalue weighted by molar-refractivity contribution is -0.138. The summed E-state index contributed by atoms with van der Waals surface area (Å²) in [7, 11) is 3.08. The first-order valence-corrected chi connectivity index (χ1v) is 7.24. The lowest BCUT2D eigenvalue weighted by Gasteiger charge is -2.22. The number of aromatic nitrogens is 2. The Hall–Kier alpha value is -2.77. The van der Waals surface area contributed by atoms with Crippen LogP contribution < -0.4 is 20.1 Å². The van der Waals surface area contributed by atoms with Crippen molar-refractivity contribution in [1.82, 2.24) is 9.97 Å². The minimum absolute atomic E-state index is 0.280. The van der Waals surface area contributed by atoms with Gasteiger partial charge in [0, 0.05) is 18.0 Å². The van der Waals surface area contributed by atoms with Gasteiger partial charge in [0.1, 0.15) is 11.9 Å². The summed E-state index contributed by atoms with van der Waals surface area (Å²) in [6.45, 7) is 0.592. The molecular formula is C15H18N4O4. The molecule has 8 heteroatoms. The van der Waals surface area contributed by atoms with Crippen LogP contribution in [-0.2, 0) is 4.79 Å². The molecule has 122 valence electrons. The van der Waals surface area contributed by atoms with Gasteiger partial charge in [-0.2, -0.15) is 4.98 Å². The number of carbonyl (C=O) groups is 1. The zero-order valence-electron chi connectivity index (χ0n) is 12.9. The number of hydrogen-bond acceptors (Lipinski definition) is 7. The number of anilines is 2. The third kappa shape index (κ3) is 2.56. The molecule has 3 N–H and O–H groups in total. The van der Waals surface area contributed by atoms with E-state index in [0.717, 1.165) is 6.42 Å². The van der Waals surface area contributed by atoms with E-state index in [1.807, 2.05) is 0 Å². The minimum Gasteiger partial charge on any atom is -0.493 e. The zero-order valence-corrected chi connectivity index (χ0v) is 12.9. The van der Waals surface area contributed by atoms with Gasteiger partial charge in [-0.3, -0.25) is 0 Å². The van der Waals surface area contributed by atoms with Crippen LogP contribution in [0.1, 0.15) is 12.8 Å². The Labute approximate surface area is 132 Å². The third-order valence-electron chi connectivity index (χ3n) is 4.01. The van der Waals surface area contributed by atoms with E-state index in [1.54, 1.807) is 17.0 Å². The molecule has 1 aromatic carbocycles. The van der Waals surface area contributed by atoms with Crippen molar-refractivity contribution >= 4 is 28.6 Å². The molecule has 23 heavy (non-hydrogen) atoms. The second kappa shape index (κ2) is 5.79. The summed E-state index contributed by atoms with van der Waals surface area (Å²) in [4.78, 5) is 21.8. The molecule has 0 amide bonds. The van der Waals surface area contributed by atoms with Crippen LogP contribution in [0.25, 0.3) is 10.9 Å². The van der Waals surface area contributed by atoms with Gasteiger partial charge >= 0.3 is 5.97 Å². The normalized spacial score (nSPS) is 17.5. The monoisotopic (exact) mass is 318 g/mol. The van der Waals surface area contributed by atoms with Crippen molar-refractivity contribution in [1.29, 1.82) is 0 Å². The summed E-state index contributed by atoms with van der Waals surface area (Å²) >= 11 is 0. The lowest BCUT2D eigenvalue weighted by Crippen LogP contribution is -2.37. The maximum absolute atomic E-state index is 11.4. The van der Waals surface area contributed by atoms with Crippen molar-refractivity contribution < 1.29 is 19.4 Å². The summed E-state index contributed by atoms with van der Waals surface area (Å²) in [5.74, 6) is 0.791. The molecule has 8 nitrogen and oxygen atoms in total. The molecule has 0 radical (unpaired) electrons. The predicted molar refractivity (Wildman–Crippen MR) is 85.1 cm³/mol.